The molecule has 1 N–H and O–H groups in total. The molecule has 0 radical (unpaired) electrons. The zero-order valence-corrected chi connectivity index (χ0v) is 11.9. The van der Waals surface area contributed by atoms with E-state index in [1.54, 1.807) is 17.9 Å². The van der Waals surface area contributed by atoms with Crippen LogP contribution in [-0.2, 0) is 4.79 Å². The van der Waals surface area contributed by atoms with Crippen LogP contribution in [0.25, 0.3) is 0 Å². The van der Waals surface area contributed by atoms with Gasteiger partial charge in [0.1, 0.15) is 5.54 Å². The molecule has 0 aliphatic carbocycles. The van der Waals surface area contributed by atoms with Crippen molar-refractivity contribution in [2.75, 3.05) is 11.4 Å². The second-order valence-electron chi connectivity index (χ2n) is 4.73. The van der Waals surface area contributed by atoms with Crippen LogP contribution in [0.5, 0.6) is 0 Å². The van der Waals surface area contributed by atoms with Crippen LogP contribution < -0.4 is 4.90 Å². The van der Waals surface area contributed by atoms with E-state index in [0.717, 1.165) is 6.42 Å². The Morgan fingerprint density at radius 3 is 2.79 bits per heavy atom. The number of rotatable bonds is 3. The van der Waals surface area contributed by atoms with E-state index in [4.69, 9.17) is 0 Å². The molecule has 1 atom stereocenters. The molecule has 19 heavy (non-hydrogen) atoms. The van der Waals surface area contributed by atoms with Crippen LogP contribution in [0.1, 0.15) is 19.8 Å². The summed E-state index contributed by atoms with van der Waals surface area (Å²) in [6, 6.07) is 4.38. The predicted octanol–water partition coefficient (Wildman–Crippen LogP) is 2.80. The summed E-state index contributed by atoms with van der Waals surface area (Å²) in [7, 11) is 0. The largest absolute Gasteiger partial charge is 0.480 e. The van der Waals surface area contributed by atoms with E-state index in [1.165, 1.54) is 12.1 Å². The topological polar surface area (TPSA) is 83.7 Å². The molecule has 1 aromatic carbocycles. The Hall–Kier alpha value is -1.63. The molecular formula is C12H13BrN2O4. The Kier molecular flexibility index (Phi) is 3.49. The highest BCUT2D eigenvalue weighted by Crippen LogP contribution is 2.39. The molecule has 1 aromatic rings. The van der Waals surface area contributed by atoms with Crippen LogP contribution in [0.4, 0.5) is 11.4 Å². The Labute approximate surface area is 118 Å². The van der Waals surface area contributed by atoms with Gasteiger partial charge in [-0.3, -0.25) is 10.1 Å². The summed E-state index contributed by atoms with van der Waals surface area (Å²) in [6.45, 7) is 2.30. The first-order chi connectivity index (χ1) is 8.86. The van der Waals surface area contributed by atoms with Gasteiger partial charge in [-0.25, -0.2) is 4.79 Å². The zero-order chi connectivity index (χ0) is 14.2. The quantitative estimate of drug-likeness (QED) is 0.681. The highest BCUT2D eigenvalue weighted by atomic mass is 79.9. The van der Waals surface area contributed by atoms with E-state index in [2.05, 4.69) is 15.9 Å². The third kappa shape index (κ3) is 2.30. The van der Waals surface area contributed by atoms with Gasteiger partial charge >= 0.3 is 5.97 Å². The Morgan fingerprint density at radius 2 is 2.26 bits per heavy atom. The lowest BCUT2D eigenvalue weighted by Gasteiger charge is -2.33. The SMILES string of the molecule is CC1(C(=O)O)CCCN1c1ccc([N+](=O)[O-])cc1Br. The van der Waals surface area contributed by atoms with Crippen LogP contribution in [0.2, 0.25) is 0 Å². The smallest absolute Gasteiger partial charge is 0.329 e. The van der Waals surface area contributed by atoms with Crippen LogP contribution in [0.15, 0.2) is 22.7 Å². The van der Waals surface area contributed by atoms with E-state index in [9.17, 15) is 20.0 Å². The lowest BCUT2D eigenvalue weighted by molar-refractivity contribution is -0.384. The highest BCUT2D eigenvalue weighted by Gasteiger charge is 2.44. The van der Waals surface area contributed by atoms with E-state index >= 15 is 0 Å². The maximum atomic E-state index is 11.4. The van der Waals surface area contributed by atoms with Crippen LogP contribution >= 0.6 is 15.9 Å². The van der Waals surface area contributed by atoms with Gasteiger partial charge in [0.15, 0.2) is 0 Å². The number of aliphatic carboxylic acids is 1. The van der Waals surface area contributed by atoms with Crippen molar-refractivity contribution >= 4 is 33.3 Å². The van der Waals surface area contributed by atoms with Gasteiger partial charge in [0.2, 0.25) is 0 Å². The van der Waals surface area contributed by atoms with Crippen molar-refractivity contribution in [1.29, 1.82) is 0 Å². The molecule has 2 rings (SSSR count). The Balaban J connectivity index is 2.42. The number of carboxylic acids is 1. The summed E-state index contributed by atoms with van der Waals surface area (Å²) in [6.07, 6.45) is 1.35. The fraction of sp³-hybridized carbons (Fsp3) is 0.417. The number of benzene rings is 1. The monoisotopic (exact) mass is 328 g/mol. The summed E-state index contributed by atoms with van der Waals surface area (Å²) in [4.78, 5) is 23.4. The summed E-state index contributed by atoms with van der Waals surface area (Å²) < 4.78 is 0.538. The van der Waals surface area contributed by atoms with E-state index in [-0.39, 0.29) is 5.69 Å². The number of anilines is 1. The maximum absolute atomic E-state index is 11.4. The number of nitro benzene ring substituents is 1. The molecule has 6 nitrogen and oxygen atoms in total. The number of nitro groups is 1. The van der Waals surface area contributed by atoms with Crippen molar-refractivity contribution in [2.45, 2.75) is 25.3 Å². The van der Waals surface area contributed by atoms with Crippen LogP contribution in [0.3, 0.4) is 0 Å². The molecule has 7 heteroatoms. The predicted molar refractivity (Wildman–Crippen MR) is 73.4 cm³/mol. The number of hydrogen-bond acceptors (Lipinski definition) is 4. The van der Waals surface area contributed by atoms with Crippen LogP contribution in [0, 0.1) is 10.1 Å². The molecule has 1 aliphatic heterocycles. The Bertz CT molecular complexity index is 549. The molecule has 0 aromatic heterocycles. The van der Waals surface area contributed by atoms with Crippen LogP contribution in [-0.4, -0.2) is 28.1 Å². The van der Waals surface area contributed by atoms with Crippen molar-refractivity contribution in [1.82, 2.24) is 0 Å². The number of nitrogens with zero attached hydrogens (tertiary/aromatic N) is 2. The Morgan fingerprint density at radius 1 is 1.58 bits per heavy atom. The zero-order valence-electron chi connectivity index (χ0n) is 10.3. The normalized spacial score (nSPS) is 22.5. The number of non-ortho nitro benzene ring substituents is 1. The molecule has 0 saturated carbocycles. The molecular weight excluding hydrogens is 316 g/mol. The summed E-state index contributed by atoms with van der Waals surface area (Å²) in [5, 5.41) is 20.1. The first-order valence-electron chi connectivity index (χ1n) is 5.81. The minimum atomic E-state index is -0.960. The van der Waals surface area contributed by atoms with Crippen molar-refractivity contribution in [3.63, 3.8) is 0 Å². The van der Waals surface area contributed by atoms with Crippen molar-refractivity contribution in [3.05, 3.63) is 32.8 Å². The van der Waals surface area contributed by atoms with Crippen molar-refractivity contribution in [3.8, 4) is 0 Å². The average molecular weight is 329 g/mol. The van der Waals surface area contributed by atoms with Gasteiger partial charge in [0.25, 0.3) is 5.69 Å². The molecule has 1 saturated heterocycles. The van der Waals surface area contributed by atoms with Gasteiger partial charge < -0.3 is 10.0 Å². The fourth-order valence-corrected chi connectivity index (χ4v) is 2.98. The average Bonchev–Trinajstić information content (AvgIpc) is 2.72. The third-order valence-electron chi connectivity index (χ3n) is 3.53. The van der Waals surface area contributed by atoms with Gasteiger partial charge in [-0.15, -0.1) is 0 Å². The minimum Gasteiger partial charge on any atom is -0.480 e. The molecule has 0 bridgehead atoms. The molecule has 1 heterocycles. The maximum Gasteiger partial charge on any atom is 0.329 e. The number of carboxylic acid groups (broad SMARTS) is 1. The molecule has 1 fully saturated rings. The second kappa shape index (κ2) is 4.80. The summed E-state index contributed by atoms with van der Waals surface area (Å²) in [5.74, 6) is -0.879. The lowest BCUT2D eigenvalue weighted by Crippen LogP contribution is -2.48. The molecule has 0 amide bonds. The molecule has 102 valence electrons. The van der Waals surface area contributed by atoms with Gasteiger partial charge in [-0.1, -0.05) is 0 Å². The van der Waals surface area contributed by atoms with Gasteiger partial charge in [-0.05, 0) is 41.8 Å². The minimum absolute atomic E-state index is 0.0214. The first kappa shape index (κ1) is 13.8. The first-order valence-corrected chi connectivity index (χ1v) is 6.60. The van der Waals surface area contributed by atoms with E-state index in [1.807, 2.05) is 0 Å². The van der Waals surface area contributed by atoms with E-state index < -0.39 is 16.4 Å². The summed E-state index contributed by atoms with van der Waals surface area (Å²) in [5.41, 5.74) is -0.307. The molecule has 1 unspecified atom stereocenters. The van der Waals surface area contributed by atoms with Crippen molar-refractivity contribution in [2.24, 2.45) is 0 Å². The second-order valence-corrected chi connectivity index (χ2v) is 5.58. The number of halogens is 1. The van der Waals surface area contributed by atoms with Gasteiger partial charge in [-0.2, -0.15) is 0 Å². The third-order valence-corrected chi connectivity index (χ3v) is 4.17. The fourth-order valence-electron chi connectivity index (χ4n) is 2.40. The summed E-state index contributed by atoms with van der Waals surface area (Å²) >= 11 is 3.29. The standard InChI is InChI=1S/C12H13BrN2O4/c1-12(11(16)17)5-2-6-14(12)10-4-3-8(15(18)19)7-9(10)13/h3-4,7H,2,5-6H2,1H3,(H,16,17). The number of carbonyl (C=O) groups is 1. The molecule has 0 spiro atoms. The highest BCUT2D eigenvalue weighted by molar-refractivity contribution is 9.10. The van der Waals surface area contributed by atoms with Gasteiger partial charge in [0, 0.05) is 23.2 Å². The molecule has 1 aliphatic rings. The van der Waals surface area contributed by atoms with Gasteiger partial charge in [0.05, 0.1) is 10.6 Å². The number of hydrogen-bond donors (Lipinski definition) is 1. The van der Waals surface area contributed by atoms with E-state index in [0.29, 0.717) is 23.1 Å². The van der Waals surface area contributed by atoms with Crippen molar-refractivity contribution < 1.29 is 14.8 Å². The lowest BCUT2D eigenvalue weighted by atomic mass is 9.99.